The average molecular weight is 316 g/mol. The van der Waals surface area contributed by atoms with Crippen molar-refractivity contribution < 1.29 is 13.2 Å². The highest BCUT2D eigenvalue weighted by atomic mass is 32.2. The van der Waals surface area contributed by atoms with Gasteiger partial charge in [0.05, 0.1) is 12.3 Å². The lowest BCUT2D eigenvalue weighted by atomic mass is 9.94. The fourth-order valence-electron chi connectivity index (χ4n) is 2.40. The van der Waals surface area contributed by atoms with E-state index in [1.165, 1.54) is 6.20 Å². The lowest BCUT2D eigenvalue weighted by molar-refractivity contribution is 0.0245. The minimum atomic E-state index is -3.49. The maximum Gasteiger partial charge on any atom is 0.257 e. The number of aromatic nitrogens is 2. The van der Waals surface area contributed by atoms with Crippen molar-refractivity contribution in [1.82, 2.24) is 14.7 Å². The number of hydrogen-bond acceptors (Lipinski definition) is 5. The monoisotopic (exact) mass is 316 g/mol. The molecule has 0 saturated heterocycles. The second-order valence-corrected chi connectivity index (χ2v) is 7.23. The Hall–Kier alpha value is -0.960. The average Bonchev–Trinajstić information content (AvgIpc) is 2.88. The third-order valence-electron chi connectivity index (χ3n) is 3.65. The summed E-state index contributed by atoms with van der Waals surface area (Å²) in [7, 11) is -3.49. The van der Waals surface area contributed by atoms with Gasteiger partial charge in [-0.25, -0.2) is 18.1 Å². The summed E-state index contributed by atoms with van der Waals surface area (Å²) in [5, 5.41) is 0.0992. The number of hydrogen-bond donors (Lipinski definition) is 3. The quantitative estimate of drug-likeness (QED) is 0.641. The third kappa shape index (κ3) is 5.06. The van der Waals surface area contributed by atoms with Crippen LogP contribution in [-0.4, -0.2) is 43.7 Å². The number of nitrogens with one attached hydrogen (secondary N) is 2. The maximum atomic E-state index is 11.9. The maximum absolute atomic E-state index is 11.9. The van der Waals surface area contributed by atoms with Crippen molar-refractivity contribution >= 4 is 10.0 Å². The van der Waals surface area contributed by atoms with Crippen molar-refractivity contribution in [2.75, 3.05) is 13.2 Å². The van der Waals surface area contributed by atoms with Crippen LogP contribution in [-0.2, 0) is 14.8 Å². The van der Waals surface area contributed by atoms with Crippen LogP contribution in [0, 0.1) is 6.92 Å². The van der Waals surface area contributed by atoms with E-state index in [0.29, 0.717) is 31.4 Å². The number of sulfonamides is 1. The van der Waals surface area contributed by atoms with Crippen molar-refractivity contribution in [3.8, 4) is 0 Å². The molecule has 21 heavy (non-hydrogen) atoms. The van der Waals surface area contributed by atoms with Gasteiger partial charge in [-0.3, -0.25) is 0 Å². The molecule has 0 spiro atoms. The van der Waals surface area contributed by atoms with E-state index in [4.69, 9.17) is 10.5 Å². The largest absolute Gasteiger partial charge is 0.378 e. The van der Waals surface area contributed by atoms with E-state index in [1.54, 1.807) is 6.92 Å². The van der Waals surface area contributed by atoms with E-state index in [2.05, 4.69) is 14.7 Å². The summed E-state index contributed by atoms with van der Waals surface area (Å²) in [6.07, 6.45) is 6.26. The summed E-state index contributed by atoms with van der Waals surface area (Å²) in [5.74, 6) is 0.578. The molecular formula is C13H24N4O3S. The zero-order chi connectivity index (χ0) is 15.3. The highest BCUT2D eigenvalue weighted by Gasteiger charge is 2.19. The molecule has 4 N–H and O–H groups in total. The van der Waals surface area contributed by atoms with E-state index >= 15 is 0 Å². The van der Waals surface area contributed by atoms with Crippen LogP contribution >= 0.6 is 0 Å². The second-order valence-electron chi connectivity index (χ2n) is 5.49. The topological polar surface area (TPSA) is 110 Å². The first-order valence-electron chi connectivity index (χ1n) is 7.36. The van der Waals surface area contributed by atoms with Gasteiger partial charge in [-0.15, -0.1) is 0 Å². The fraction of sp³-hybridized carbons (Fsp3) is 0.769. The van der Waals surface area contributed by atoms with Gasteiger partial charge in [0.1, 0.15) is 5.82 Å². The van der Waals surface area contributed by atoms with Gasteiger partial charge in [0, 0.05) is 19.2 Å². The summed E-state index contributed by atoms with van der Waals surface area (Å²) >= 11 is 0. The van der Waals surface area contributed by atoms with Crippen LogP contribution in [0.3, 0.4) is 0 Å². The Morgan fingerprint density at radius 3 is 2.76 bits per heavy atom. The number of nitrogens with two attached hydrogens (primary N) is 1. The van der Waals surface area contributed by atoms with E-state index in [9.17, 15) is 8.42 Å². The number of nitrogens with zero attached hydrogens (tertiary/aromatic N) is 1. The Bertz CT molecular complexity index is 535. The Kier molecular flexibility index (Phi) is 5.74. The zero-order valence-corrected chi connectivity index (χ0v) is 13.2. The Labute approximate surface area is 125 Å². The molecule has 0 atom stereocenters. The van der Waals surface area contributed by atoms with Crippen molar-refractivity contribution in [1.29, 1.82) is 0 Å². The molecule has 0 bridgehead atoms. The zero-order valence-electron chi connectivity index (χ0n) is 12.3. The molecule has 0 aromatic carbocycles. The van der Waals surface area contributed by atoms with Crippen molar-refractivity contribution in [3.05, 3.63) is 12.0 Å². The van der Waals surface area contributed by atoms with Gasteiger partial charge in [0.25, 0.3) is 10.0 Å². The lowest BCUT2D eigenvalue weighted by Crippen LogP contribution is -2.31. The van der Waals surface area contributed by atoms with Gasteiger partial charge < -0.3 is 15.5 Å². The first-order valence-corrected chi connectivity index (χ1v) is 8.84. The molecule has 1 fully saturated rings. The van der Waals surface area contributed by atoms with Crippen LogP contribution in [0.1, 0.15) is 37.9 Å². The van der Waals surface area contributed by atoms with E-state index in [0.717, 1.165) is 25.7 Å². The molecule has 0 aliphatic heterocycles. The van der Waals surface area contributed by atoms with Crippen LogP contribution in [0.4, 0.5) is 0 Å². The van der Waals surface area contributed by atoms with Gasteiger partial charge in [-0.1, -0.05) is 0 Å². The number of aryl methyl sites for hydroxylation is 1. The summed E-state index contributed by atoms with van der Waals surface area (Å²) in [4.78, 5) is 6.59. The number of aromatic amines is 1. The summed E-state index contributed by atoms with van der Waals surface area (Å²) < 4.78 is 32.1. The first-order chi connectivity index (χ1) is 9.97. The van der Waals surface area contributed by atoms with Gasteiger partial charge in [-0.05, 0) is 39.0 Å². The van der Waals surface area contributed by atoms with Crippen LogP contribution in [0.2, 0.25) is 0 Å². The highest BCUT2D eigenvalue weighted by Crippen LogP contribution is 2.19. The molecule has 1 saturated carbocycles. The van der Waals surface area contributed by atoms with Crippen molar-refractivity contribution in [3.63, 3.8) is 0 Å². The van der Waals surface area contributed by atoms with Crippen LogP contribution in [0.25, 0.3) is 0 Å². The molecule has 1 heterocycles. The van der Waals surface area contributed by atoms with E-state index in [-0.39, 0.29) is 11.1 Å². The minimum absolute atomic E-state index is 0.0992. The van der Waals surface area contributed by atoms with Crippen molar-refractivity contribution in [2.45, 2.75) is 56.2 Å². The SMILES string of the molecule is Cc1ncc(S(=O)(=O)NCCCOC2CCC(N)CC2)[nH]1. The van der Waals surface area contributed by atoms with Gasteiger partial charge in [0.2, 0.25) is 0 Å². The number of H-pyrrole nitrogens is 1. The third-order valence-corrected chi connectivity index (χ3v) is 5.03. The van der Waals surface area contributed by atoms with Gasteiger partial charge >= 0.3 is 0 Å². The summed E-state index contributed by atoms with van der Waals surface area (Å²) in [6.45, 7) is 2.62. The van der Waals surface area contributed by atoms with Crippen molar-refractivity contribution in [2.24, 2.45) is 5.73 Å². The molecule has 7 nitrogen and oxygen atoms in total. The Morgan fingerprint density at radius 1 is 1.43 bits per heavy atom. The highest BCUT2D eigenvalue weighted by molar-refractivity contribution is 7.89. The van der Waals surface area contributed by atoms with Crippen LogP contribution < -0.4 is 10.5 Å². The molecule has 2 rings (SSSR count). The van der Waals surface area contributed by atoms with E-state index in [1.807, 2.05) is 0 Å². The molecule has 1 aliphatic rings. The molecule has 1 aromatic rings. The van der Waals surface area contributed by atoms with Gasteiger partial charge in [0.15, 0.2) is 5.03 Å². The lowest BCUT2D eigenvalue weighted by Gasteiger charge is -2.26. The number of imidazole rings is 1. The van der Waals surface area contributed by atoms with Crippen LogP contribution in [0.15, 0.2) is 11.2 Å². The summed E-state index contributed by atoms with van der Waals surface area (Å²) in [6, 6.07) is 0.314. The number of ether oxygens (including phenoxy) is 1. The minimum Gasteiger partial charge on any atom is -0.378 e. The normalized spacial score (nSPS) is 23.3. The first kappa shape index (κ1) is 16.4. The summed E-state index contributed by atoms with van der Waals surface area (Å²) in [5.41, 5.74) is 5.84. The fourth-order valence-corrected chi connectivity index (χ4v) is 3.44. The second kappa shape index (κ2) is 7.35. The predicted molar refractivity (Wildman–Crippen MR) is 79.3 cm³/mol. The standard InChI is InChI=1S/C13H24N4O3S/c1-10-15-9-13(17-10)21(18,19)16-7-2-8-20-12-5-3-11(14)4-6-12/h9,11-12,16H,2-8,14H2,1H3,(H,15,17). The molecule has 0 amide bonds. The smallest absolute Gasteiger partial charge is 0.257 e. The van der Waals surface area contributed by atoms with E-state index < -0.39 is 10.0 Å². The molecule has 1 aliphatic carbocycles. The molecule has 8 heteroatoms. The Balaban J connectivity index is 1.63. The Morgan fingerprint density at radius 2 is 2.14 bits per heavy atom. The molecule has 0 radical (unpaired) electrons. The van der Waals surface area contributed by atoms with Gasteiger partial charge in [-0.2, -0.15) is 0 Å². The van der Waals surface area contributed by atoms with Crippen LogP contribution in [0.5, 0.6) is 0 Å². The predicted octanol–water partition coefficient (Wildman–Crippen LogP) is 0.673. The molecule has 1 aromatic heterocycles. The molecule has 120 valence electrons. The molecule has 0 unspecified atom stereocenters. The molecular weight excluding hydrogens is 292 g/mol. The number of rotatable bonds is 7.